The van der Waals surface area contributed by atoms with Gasteiger partial charge in [0, 0.05) is 11.8 Å². The summed E-state index contributed by atoms with van der Waals surface area (Å²) in [5, 5.41) is 0. The number of hydrogen-bond acceptors (Lipinski definition) is 2. The van der Waals surface area contributed by atoms with Crippen molar-refractivity contribution < 1.29 is 13.6 Å². The van der Waals surface area contributed by atoms with E-state index in [-0.39, 0.29) is 11.3 Å². The van der Waals surface area contributed by atoms with Crippen LogP contribution in [0.4, 0.5) is 8.78 Å². The van der Waals surface area contributed by atoms with Crippen molar-refractivity contribution in [2.75, 3.05) is 0 Å². The van der Waals surface area contributed by atoms with E-state index < -0.39 is 17.5 Å². The minimum atomic E-state index is -0.902. The molecule has 1 amide bonds. The van der Waals surface area contributed by atoms with E-state index in [9.17, 15) is 13.6 Å². The third-order valence-electron chi connectivity index (χ3n) is 2.26. The third-order valence-corrected chi connectivity index (χ3v) is 2.26. The molecule has 0 saturated heterocycles. The summed E-state index contributed by atoms with van der Waals surface area (Å²) >= 11 is 0. The fourth-order valence-corrected chi connectivity index (χ4v) is 1.46. The molecule has 0 aliphatic carbocycles. The number of carbonyl (C=O) groups is 1. The SMILES string of the molecule is NC(=O)c1cc(-c2ncccc2F)ccc1F. The van der Waals surface area contributed by atoms with E-state index in [1.807, 2.05) is 0 Å². The zero-order chi connectivity index (χ0) is 12.4. The van der Waals surface area contributed by atoms with Crippen LogP contribution < -0.4 is 5.73 Å². The molecule has 1 aromatic carbocycles. The maximum absolute atomic E-state index is 13.4. The number of carbonyl (C=O) groups excluding carboxylic acids is 1. The Bertz CT molecular complexity index is 584. The molecule has 0 aliphatic heterocycles. The van der Waals surface area contributed by atoms with E-state index in [0.717, 1.165) is 6.07 Å². The highest BCUT2D eigenvalue weighted by Gasteiger charge is 2.12. The summed E-state index contributed by atoms with van der Waals surface area (Å²) in [7, 11) is 0. The van der Waals surface area contributed by atoms with Crippen LogP contribution in [0, 0.1) is 11.6 Å². The molecule has 1 aromatic heterocycles. The molecule has 0 atom stereocenters. The van der Waals surface area contributed by atoms with Gasteiger partial charge >= 0.3 is 0 Å². The van der Waals surface area contributed by atoms with Crippen LogP contribution in [-0.4, -0.2) is 10.9 Å². The van der Waals surface area contributed by atoms with Gasteiger partial charge in [0.1, 0.15) is 17.3 Å². The second-order valence-corrected chi connectivity index (χ2v) is 3.39. The number of primary amides is 1. The molecule has 0 fully saturated rings. The van der Waals surface area contributed by atoms with Crippen LogP contribution >= 0.6 is 0 Å². The zero-order valence-electron chi connectivity index (χ0n) is 8.65. The van der Waals surface area contributed by atoms with Gasteiger partial charge in [-0.1, -0.05) is 0 Å². The van der Waals surface area contributed by atoms with Gasteiger partial charge in [0.25, 0.3) is 5.91 Å². The van der Waals surface area contributed by atoms with Crippen LogP contribution in [0.3, 0.4) is 0 Å². The second-order valence-electron chi connectivity index (χ2n) is 3.39. The first-order valence-electron chi connectivity index (χ1n) is 4.80. The van der Waals surface area contributed by atoms with Crippen LogP contribution in [0.25, 0.3) is 11.3 Å². The quantitative estimate of drug-likeness (QED) is 0.865. The summed E-state index contributed by atoms with van der Waals surface area (Å²) in [6.45, 7) is 0. The first-order chi connectivity index (χ1) is 8.09. The topological polar surface area (TPSA) is 56.0 Å². The summed E-state index contributed by atoms with van der Waals surface area (Å²) in [6.07, 6.45) is 1.41. The molecule has 3 nitrogen and oxygen atoms in total. The van der Waals surface area contributed by atoms with Crippen LogP contribution in [-0.2, 0) is 0 Å². The summed E-state index contributed by atoms with van der Waals surface area (Å²) in [4.78, 5) is 14.8. The Kier molecular flexibility index (Phi) is 2.82. The number of amides is 1. The van der Waals surface area contributed by atoms with Crippen molar-refractivity contribution in [1.82, 2.24) is 4.98 Å². The Morgan fingerprint density at radius 2 is 1.94 bits per heavy atom. The van der Waals surface area contributed by atoms with E-state index in [1.54, 1.807) is 0 Å². The van der Waals surface area contributed by atoms with E-state index in [1.165, 1.54) is 30.5 Å². The van der Waals surface area contributed by atoms with Crippen molar-refractivity contribution in [2.24, 2.45) is 5.73 Å². The van der Waals surface area contributed by atoms with Crippen molar-refractivity contribution in [2.45, 2.75) is 0 Å². The van der Waals surface area contributed by atoms with Crippen molar-refractivity contribution in [1.29, 1.82) is 0 Å². The number of hydrogen-bond donors (Lipinski definition) is 1. The maximum Gasteiger partial charge on any atom is 0.251 e. The normalized spacial score (nSPS) is 10.2. The van der Waals surface area contributed by atoms with E-state index >= 15 is 0 Å². The Morgan fingerprint density at radius 3 is 2.59 bits per heavy atom. The van der Waals surface area contributed by atoms with Gasteiger partial charge in [-0.15, -0.1) is 0 Å². The molecular weight excluding hydrogens is 226 g/mol. The Balaban J connectivity index is 2.58. The highest BCUT2D eigenvalue weighted by atomic mass is 19.1. The van der Waals surface area contributed by atoms with Gasteiger partial charge in [-0.25, -0.2) is 8.78 Å². The summed E-state index contributed by atoms with van der Waals surface area (Å²) in [5.74, 6) is -2.19. The predicted molar refractivity (Wildman–Crippen MR) is 58.1 cm³/mol. The molecule has 86 valence electrons. The molecule has 17 heavy (non-hydrogen) atoms. The van der Waals surface area contributed by atoms with Gasteiger partial charge < -0.3 is 5.73 Å². The lowest BCUT2D eigenvalue weighted by atomic mass is 10.1. The number of aromatic nitrogens is 1. The standard InChI is InChI=1S/C12H8F2N2O/c13-9-4-3-7(6-8(9)12(15)17)11-10(14)2-1-5-16-11/h1-6H,(H2,15,17). The molecule has 2 aromatic rings. The number of rotatable bonds is 2. The lowest BCUT2D eigenvalue weighted by Gasteiger charge is -2.04. The lowest BCUT2D eigenvalue weighted by Crippen LogP contribution is -2.13. The van der Waals surface area contributed by atoms with Crippen LogP contribution in [0.5, 0.6) is 0 Å². The molecule has 2 rings (SSSR count). The molecule has 0 aliphatic rings. The second kappa shape index (κ2) is 4.29. The van der Waals surface area contributed by atoms with Gasteiger partial charge in [-0.05, 0) is 30.3 Å². The summed E-state index contributed by atoms with van der Waals surface area (Å²) < 4.78 is 26.7. The smallest absolute Gasteiger partial charge is 0.251 e. The number of nitrogens with two attached hydrogens (primary N) is 1. The van der Waals surface area contributed by atoms with Crippen LogP contribution in [0.15, 0.2) is 36.5 Å². The van der Waals surface area contributed by atoms with E-state index in [4.69, 9.17) is 5.73 Å². The average Bonchev–Trinajstić information content (AvgIpc) is 2.30. The molecule has 0 saturated carbocycles. The van der Waals surface area contributed by atoms with Gasteiger partial charge in [0.15, 0.2) is 0 Å². The first kappa shape index (κ1) is 11.2. The molecular formula is C12H8F2N2O. The fourth-order valence-electron chi connectivity index (χ4n) is 1.46. The maximum atomic E-state index is 13.4. The minimum Gasteiger partial charge on any atom is -0.366 e. The zero-order valence-corrected chi connectivity index (χ0v) is 8.65. The van der Waals surface area contributed by atoms with Crippen LogP contribution in [0.2, 0.25) is 0 Å². The molecule has 1 heterocycles. The molecule has 5 heteroatoms. The first-order valence-corrected chi connectivity index (χ1v) is 4.80. The van der Waals surface area contributed by atoms with Crippen molar-refractivity contribution >= 4 is 5.91 Å². The van der Waals surface area contributed by atoms with E-state index in [0.29, 0.717) is 5.56 Å². The molecule has 2 N–H and O–H groups in total. The Hall–Kier alpha value is -2.30. The van der Waals surface area contributed by atoms with Crippen LogP contribution in [0.1, 0.15) is 10.4 Å². The fraction of sp³-hybridized carbons (Fsp3) is 0. The van der Waals surface area contributed by atoms with Crippen molar-refractivity contribution in [3.63, 3.8) is 0 Å². The Labute approximate surface area is 95.9 Å². The largest absolute Gasteiger partial charge is 0.366 e. The average molecular weight is 234 g/mol. The van der Waals surface area contributed by atoms with Crippen molar-refractivity contribution in [3.8, 4) is 11.3 Å². The molecule has 0 unspecified atom stereocenters. The lowest BCUT2D eigenvalue weighted by molar-refractivity contribution is 0.0996. The molecule has 0 bridgehead atoms. The highest BCUT2D eigenvalue weighted by molar-refractivity contribution is 5.94. The van der Waals surface area contributed by atoms with Gasteiger partial charge in [0.05, 0.1) is 5.56 Å². The highest BCUT2D eigenvalue weighted by Crippen LogP contribution is 2.22. The molecule has 0 spiro atoms. The summed E-state index contributed by atoms with van der Waals surface area (Å²) in [5.41, 5.74) is 5.08. The third kappa shape index (κ3) is 2.13. The monoisotopic (exact) mass is 234 g/mol. The summed E-state index contributed by atoms with van der Waals surface area (Å²) in [6, 6.07) is 6.26. The number of halogens is 2. The number of nitrogens with zero attached hydrogens (tertiary/aromatic N) is 1. The minimum absolute atomic E-state index is 0.0509. The number of pyridine rings is 1. The van der Waals surface area contributed by atoms with Gasteiger partial charge in [-0.2, -0.15) is 0 Å². The predicted octanol–water partition coefficient (Wildman–Crippen LogP) is 2.13. The number of benzene rings is 1. The van der Waals surface area contributed by atoms with Crippen molar-refractivity contribution in [3.05, 3.63) is 53.7 Å². The van der Waals surface area contributed by atoms with Gasteiger partial charge in [0.2, 0.25) is 0 Å². The van der Waals surface area contributed by atoms with E-state index in [2.05, 4.69) is 4.98 Å². The Morgan fingerprint density at radius 1 is 1.18 bits per heavy atom. The molecule has 0 radical (unpaired) electrons. The van der Waals surface area contributed by atoms with Gasteiger partial charge in [-0.3, -0.25) is 9.78 Å².